The van der Waals surface area contributed by atoms with Gasteiger partial charge in [-0.15, -0.1) is 0 Å². The lowest BCUT2D eigenvalue weighted by Gasteiger charge is -2.28. The maximum Gasteiger partial charge on any atom is 0.295 e. The molecule has 1 fully saturated rings. The first-order chi connectivity index (χ1) is 19.0. The quantitative estimate of drug-likeness (QED) is 0.192. The Morgan fingerprint density at radius 1 is 0.872 bits per heavy atom. The number of benzene rings is 3. The lowest BCUT2D eigenvalue weighted by Crippen LogP contribution is -2.38. The molecule has 3 aromatic rings. The number of nitrogens with zero attached hydrogens (tertiary/aromatic N) is 2. The zero-order valence-electron chi connectivity index (χ0n) is 22.8. The molecule has 0 radical (unpaired) electrons. The van der Waals surface area contributed by atoms with Crippen molar-refractivity contribution >= 4 is 17.4 Å². The molecule has 7 heteroatoms. The molecule has 4 rings (SSSR count). The highest BCUT2D eigenvalue weighted by atomic mass is 16.5. The molecule has 39 heavy (non-hydrogen) atoms. The molecular weight excluding hydrogens is 492 g/mol. The minimum Gasteiger partial charge on any atom is -0.507 e. The van der Waals surface area contributed by atoms with E-state index in [0.29, 0.717) is 48.9 Å². The maximum atomic E-state index is 13.4. The Labute approximate surface area is 230 Å². The van der Waals surface area contributed by atoms with Gasteiger partial charge in [0, 0.05) is 18.7 Å². The first-order valence-corrected chi connectivity index (χ1v) is 13.5. The van der Waals surface area contributed by atoms with Gasteiger partial charge in [0.15, 0.2) is 0 Å². The standard InChI is InChI=1S/C32H36N2O5/c1-4-33(5-2)19-20-34-29(25-13-10-14-27(21-25)39-22-23-11-8-7-9-12-23)28(31(36)32(34)37)30(35)24-15-17-26(18-16-24)38-6-3/h7-18,21,29,35H,4-6,19-20,22H2,1-3H3. The number of aliphatic hydroxyl groups excluding tert-OH is 1. The zero-order valence-corrected chi connectivity index (χ0v) is 22.8. The topological polar surface area (TPSA) is 79.3 Å². The predicted molar refractivity (Wildman–Crippen MR) is 152 cm³/mol. The summed E-state index contributed by atoms with van der Waals surface area (Å²) >= 11 is 0. The van der Waals surface area contributed by atoms with E-state index in [4.69, 9.17) is 9.47 Å². The summed E-state index contributed by atoms with van der Waals surface area (Å²) < 4.78 is 11.6. The van der Waals surface area contributed by atoms with Crippen LogP contribution in [0, 0.1) is 0 Å². The van der Waals surface area contributed by atoms with E-state index in [1.807, 2.05) is 61.5 Å². The molecule has 204 valence electrons. The largest absolute Gasteiger partial charge is 0.507 e. The van der Waals surface area contributed by atoms with Crippen molar-refractivity contribution in [2.75, 3.05) is 32.8 Å². The number of amides is 1. The van der Waals surface area contributed by atoms with Gasteiger partial charge in [0.05, 0.1) is 18.2 Å². The van der Waals surface area contributed by atoms with Crippen molar-refractivity contribution < 1.29 is 24.2 Å². The van der Waals surface area contributed by atoms with Gasteiger partial charge in [-0.05, 0) is 67.5 Å². The second kappa shape index (κ2) is 13.1. The predicted octanol–water partition coefficient (Wildman–Crippen LogP) is 5.43. The Kier molecular flexibility index (Phi) is 9.39. The van der Waals surface area contributed by atoms with Gasteiger partial charge in [0.2, 0.25) is 0 Å². The van der Waals surface area contributed by atoms with Crippen LogP contribution >= 0.6 is 0 Å². The summed E-state index contributed by atoms with van der Waals surface area (Å²) in [6.07, 6.45) is 0. The highest BCUT2D eigenvalue weighted by molar-refractivity contribution is 6.46. The number of hydrogen-bond donors (Lipinski definition) is 1. The number of hydrogen-bond acceptors (Lipinski definition) is 6. The number of rotatable bonds is 12. The summed E-state index contributed by atoms with van der Waals surface area (Å²) in [5, 5.41) is 11.4. The Bertz CT molecular complexity index is 1300. The van der Waals surface area contributed by atoms with Crippen LogP contribution in [0.25, 0.3) is 5.76 Å². The average molecular weight is 529 g/mol. The van der Waals surface area contributed by atoms with Crippen molar-refractivity contribution in [2.24, 2.45) is 0 Å². The number of ketones is 1. The molecule has 3 aromatic carbocycles. The third-order valence-corrected chi connectivity index (χ3v) is 6.95. The van der Waals surface area contributed by atoms with Gasteiger partial charge in [0.25, 0.3) is 11.7 Å². The summed E-state index contributed by atoms with van der Waals surface area (Å²) in [6, 6.07) is 23.4. The zero-order chi connectivity index (χ0) is 27.8. The highest BCUT2D eigenvalue weighted by Crippen LogP contribution is 2.40. The lowest BCUT2D eigenvalue weighted by atomic mass is 9.95. The molecule has 1 atom stereocenters. The van der Waals surface area contributed by atoms with Crippen LogP contribution in [0.4, 0.5) is 0 Å². The van der Waals surface area contributed by atoms with Crippen LogP contribution < -0.4 is 9.47 Å². The lowest BCUT2D eigenvalue weighted by molar-refractivity contribution is -0.140. The smallest absolute Gasteiger partial charge is 0.295 e. The van der Waals surface area contributed by atoms with Crippen molar-refractivity contribution in [2.45, 2.75) is 33.4 Å². The maximum absolute atomic E-state index is 13.4. The van der Waals surface area contributed by atoms with E-state index >= 15 is 0 Å². The first kappa shape index (κ1) is 27.9. The Hall–Kier alpha value is -4.10. The van der Waals surface area contributed by atoms with Crippen molar-refractivity contribution in [3.63, 3.8) is 0 Å². The van der Waals surface area contributed by atoms with Gasteiger partial charge in [0.1, 0.15) is 23.9 Å². The fourth-order valence-corrected chi connectivity index (χ4v) is 4.79. The van der Waals surface area contributed by atoms with E-state index in [2.05, 4.69) is 18.7 Å². The van der Waals surface area contributed by atoms with Crippen LogP contribution in [0.1, 0.15) is 43.5 Å². The molecule has 0 aliphatic carbocycles. The Morgan fingerprint density at radius 3 is 2.26 bits per heavy atom. The average Bonchev–Trinajstić information content (AvgIpc) is 3.22. The monoisotopic (exact) mass is 528 g/mol. The van der Waals surface area contributed by atoms with Gasteiger partial charge in [-0.2, -0.15) is 0 Å². The van der Waals surface area contributed by atoms with Crippen LogP contribution in [-0.2, 0) is 16.2 Å². The fourth-order valence-electron chi connectivity index (χ4n) is 4.79. The number of likely N-dealkylation sites (N-methyl/N-ethyl adjacent to an activating group) is 1. The van der Waals surface area contributed by atoms with Gasteiger partial charge in [-0.3, -0.25) is 9.59 Å². The normalized spacial score (nSPS) is 16.6. The Morgan fingerprint density at radius 2 is 1.59 bits per heavy atom. The van der Waals surface area contributed by atoms with Crippen molar-refractivity contribution in [1.29, 1.82) is 0 Å². The third kappa shape index (κ3) is 6.49. The summed E-state index contributed by atoms with van der Waals surface area (Å²) in [4.78, 5) is 30.5. The summed E-state index contributed by atoms with van der Waals surface area (Å²) in [6.45, 7) is 9.56. The molecule has 1 unspecified atom stereocenters. The first-order valence-electron chi connectivity index (χ1n) is 13.5. The van der Waals surface area contributed by atoms with E-state index in [-0.39, 0.29) is 11.3 Å². The van der Waals surface area contributed by atoms with Gasteiger partial charge in [-0.1, -0.05) is 56.3 Å². The van der Waals surface area contributed by atoms with E-state index < -0.39 is 17.7 Å². The molecular formula is C32H36N2O5. The minimum absolute atomic E-state index is 0.0731. The van der Waals surface area contributed by atoms with Gasteiger partial charge in [-0.25, -0.2) is 0 Å². The number of carbonyl (C=O) groups excluding carboxylic acids is 2. The molecule has 1 saturated heterocycles. The molecule has 1 aliphatic rings. The van der Waals surface area contributed by atoms with Crippen LogP contribution in [0.5, 0.6) is 11.5 Å². The van der Waals surface area contributed by atoms with Crippen molar-refractivity contribution in [1.82, 2.24) is 9.80 Å². The second-order valence-corrected chi connectivity index (χ2v) is 9.32. The number of carbonyl (C=O) groups is 2. The van der Waals surface area contributed by atoms with Crippen LogP contribution in [0.2, 0.25) is 0 Å². The fraction of sp³-hybridized carbons (Fsp3) is 0.312. The number of aliphatic hydroxyl groups is 1. The van der Waals surface area contributed by atoms with E-state index in [1.54, 1.807) is 29.2 Å². The van der Waals surface area contributed by atoms with Crippen LogP contribution in [0.15, 0.2) is 84.4 Å². The molecule has 0 bridgehead atoms. The molecule has 1 amide bonds. The Balaban J connectivity index is 1.72. The van der Waals surface area contributed by atoms with Crippen molar-refractivity contribution in [3.05, 3.63) is 101 Å². The molecule has 7 nitrogen and oxygen atoms in total. The van der Waals surface area contributed by atoms with E-state index in [1.165, 1.54) is 0 Å². The van der Waals surface area contributed by atoms with Crippen LogP contribution in [0.3, 0.4) is 0 Å². The SMILES string of the molecule is CCOc1ccc(C(O)=C2C(=O)C(=O)N(CCN(CC)CC)C2c2cccc(OCc3ccccc3)c2)cc1. The molecule has 0 aromatic heterocycles. The van der Waals surface area contributed by atoms with Gasteiger partial charge >= 0.3 is 0 Å². The molecule has 1 aliphatic heterocycles. The third-order valence-electron chi connectivity index (χ3n) is 6.95. The summed E-state index contributed by atoms with van der Waals surface area (Å²) in [7, 11) is 0. The molecule has 0 spiro atoms. The number of likely N-dealkylation sites (tertiary alicyclic amines) is 1. The number of ether oxygens (including phenoxy) is 2. The summed E-state index contributed by atoms with van der Waals surface area (Å²) in [5.74, 6) is -0.237. The van der Waals surface area contributed by atoms with E-state index in [9.17, 15) is 14.7 Å². The molecule has 1 heterocycles. The van der Waals surface area contributed by atoms with Crippen molar-refractivity contribution in [3.8, 4) is 11.5 Å². The van der Waals surface area contributed by atoms with E-state index in [0.717, 1.165) is 18.7 Å². The van der Waals surface area contributed by atoms with Crippen LogP contribution in [-0.4, -0.2) is 59.4 Å². The number of Topliss-reactive ketones (excluding diaryl/α,β-unsaturated/α-hetero) is 1. The second-order valence-electron chi connectivity index (χ2n) is 9.32. The minimum atomic E-state index is -0.743. The van der Waals surface area contributed by atoms with Gasteiger partial charge < -0.3 is 24.4 Å². The molecule has 1 N–H and O–H groups in total. The summed E-state index contributed by atoms with van der Waals surface area (Å²) in [5.41, 5.74) is 2.25. The molecule has 0 saturated carbocycles. The highest BCUT2D eigenvalue weighted by Gasteiger charge is 2.46.